The normalized spacial score (nSPS) is 15.7. The largest absolute Gasteiger partial charge is 0.497 e. The first-order valence-corrected chi connectivity index (χ1v) is 8.65. The van der Waals surface area contributed by atoms with E-state index in [9.17, 15) is 0 Å². The third-order valence-electron chi connectivity index (χ3n) is 4.90. The number of nitrogens with one attached hydrogen (secondary N) is 1. The summed E-state index contributed by atoms with van der Waals surface area (Å²) in [6, 6.07) is 16.6. The Labute approximate surface area is 142 Å². The Morgan fingerprint density at radius 2 is 1.83 bits per heavy atom. The number of nitrogens with zero attached hydrogens (tertiary/aromatic N) is 2. The maximum Gasteiger partial charge on any atom is 0.141 e. The number of piperidine rings is 1. The molecule has 124 valence electrons. The van der Waals surface area contributed by atoms with E-state index in [1.54, 1.807) is 7.11 Å². The highest BCUT2D eigenvalue weighted by molar-refractivity contribution is 5.80. The topological polar surface area (TPSA) is 39.1 Å². The van der Waals surface area contributed by atoms with Crippen LogP contribution in [0.5, 0.6) is 5.75 Å². The lowest BCUT2D eigenvalue weighted by atomic mass is 9.98. The number of hydrogen-bond acceptors (Lipinski definition) is 3. The summed E-state index contributed by atoms with van der Waals surface area (Å²) in [6.07, 6.45) is 2.46. The number of imidazole rings is 1. The third kappa shape index (κ3) is 2.89. The van der Waals surface area contributed by atoms with E-state index >= 15 is 0 Å². The van der Waals surface area contributed by atoms with Crippen LogP contribution < -0.4 is 10.1 Å². The van der Waals surface area contributed by atoms with Crippen LogP contribution in [-0.2, 0) is 6.54 Å². The lowest BCUT2D eigenvalue weighted by Gasteiger charge is -2.24. The maximum atomic E-state index is 5.28. The zero-order valence-electron chi connectivity index (χ0n) is 14.0. The fourth-order valence-electron chi connectivity index (χ4n) is 3.54. The van der Waals surface area contributed by atoms with Crippen LogP contribution in [0.15, 0.2) is 48.5 Å². The molecule has 1 aromatic heterocycles. The summed E-state index contributed by atoms with van der Waals surface area (Å²) in [5.74, 6) is 2.64. The van der Waals surface area contributed by atoms with Gasteiger partial charge in [-0.1, -0.05) is 12.1 Å². The molecule has 1 aliphatic rings. The van der Waals surface area contributed by atoms with Gasteiger partial charge in [0.25, 0.3) is 0 Å². The van der Waals surface area contributed by atoms with Crippen molar-refractivity contribution in [1.29, 1.82) is 0 Å². The van der Waals surface area contributed by atoms with Crippen molar-refractivity contribution in [2.24, 2.45) is 5.92 Å². The van der Waals surface area contributed by atoms with Crippen LogP contribution >= 0.6 is 0 Å². The molecule has 4 rings (SSSR count). The minimum absolute atomic E-state index is 0.709. The lowest BCUT2D eigenvalue weighted by Crippen LogP contribution is -2.30. The van der Waals surface area contributed by atoms with Gasteiger partial charge in [-0.05, 0) is 68.2 Å². The van der Waals surface area contributed by atoms with Crippen molar-refractivity contribution in [1.82, 2.24) is 14.9 Å². The second kappa shape index (κ2) is 6.65. The SMILES string of the molecule is COc1ccc(-c2nc3ccccc3n2CC2CCNCC2)cc1. The first-order chi connectivity index (χ1) is 11.8. The molecule has 0 radical (unpaired) electrons. The molecule has 0 saturated carbocycles. The fraction of sp³-hybridized carbons (Fsp3) is 0.350. The molecule has 1 saturated heterocycles. The van der Waals surface area contributed by atoms with Crippen molar-refractivity contribution in [2.75, 3.05) is 20.2 Å². The molecule has 4 heteroatoms. The quantitative estimate of drug-likeness (QED) is 0.796. The van der Waals surface area contributed by atoms with Crippen LogP contribution in [0.25, 0.3) is 22.4 Å². The smallest absolute Gasteiger partial charge is 0.141 e. The number of para-hydroxylation sites is 2. The molecular formula is C20H23N3O. The molecule has 24 heavy (non-hydrogen) atoms. The minimum Gasteiger partial charge on any atom is -0.497 e. The van der Waals surface area contributed by atoms with Crippen LogP contribution in [-0.4, -0.2) is 29.8 Å². The number of rotatable bonds is 4. The number of ether oxygens (including phenoxy) is 1. The van der Waals surface area contributed by atoms with Gasteiger partial charge in [-0.15, -0.1) is 0 Å². The Bertz CT molecular complexity index is 817. The van der Waals surface area contributed by atoms with Gasteiger partial charge in [-0.3, -0.25) is 0 Å². The number of aromatic nitrogens is 2. The Morgan fingerprint density at radius 1 is 1.08 bits per heavy atom. The highest BCUT2D eigenvalue weighted by atomic mass is 16.5. The predicted octanol–water partition coefficient (Wildman–Crippen LogP) is 3.71. The highest BCUT2D eigenvalue weighted by Crippen LogP contribution is 2.28. The average Bonchev–Trinajstić information content (AvgIpc) is 3.01. The lowest BCUT2D eigenvalue weighted by molar-refractivity contribution is 0.337. The summed E-state index contributed by atoms with van der Waals surface area (Å²) in [5, 5.41) is 3.45. The van der Waals surface area contributed by atoms with Crippen LogP contribution in [0.2, 0.25) is 0 Å². The van der Waals surface area contributed by atoms with Crippen molar-refractivity contribution < 1.29 is 4.74 Å². The van der Waals surface area contributed by atoms with Gasteiger partial charge in [0.15, 0.2) is 0 Å². The van der Waals surface area contributed by atoms with Crippen LogP contribution in [0.3, 0.4) is 0 Å². The Kier molecular flexibility index (Phi) is 4.22. The highest BCUT2D eigenvalue weighted by Gasteiger charge is 2.18. The maximum absolute atomic E-state index is 5.28. The van der Waals surface area contributed by atoms with Gasteiger partial charge in [-0.2, -0.15) is 0 Å². The fourth-order valence-corrected chi connectivity index (χ4v) is 3.54. The molecule has 1 N–H and O–H groups in total. The molecule has 2 heterocycles. The molecule has 1 fully saturated rings. The first kappa shape index (κ1) is 15.2. The van der Waals surface area contributed by atoms with Crippen molar-refractivity contribution in [3.63, 3.8) is 0 Å². The molecule has 0 aliphatic carbocycles. The van der Waals surface area contributed by atoms with Crippen molar-refractivity contribution >= 4 is 11.0 Å². The molecule has 0 atom stereocenters. The number of benzene rings is 2. The predicted molar refractivity (Wildman–Crippen MR) is 97.3 cm³/mol. The summed E-state index contributed by atoms with van der Waals surface area (Å²) in [7, 11) is 1.70. The molecule has 1 aliphatic heterocycles. The Hall–Kier alpha value is -2.33. The molecule has 0 amide bonds. The van der Waals surface area contributed by atoms with E-state index in [2.05, 4.69) is 46.3 Å². The van der Waals surface area contributed by atoms with Gasteiger partial charge in [0.05, 0.1) is 18.1 Å². The summed E-state index contributed by atoms with van der Waals surface area (Å²) in [5.41, 5.74) is 3.43. The van der Waals surface area contributed by atoms with Gasteiger partial charge >= 0.3 is 0 Å². The van der Waals surface area contributed by atoms with E-state index in [1.165, 1.54) is 18.4 Å². The average molecular weight is 321 g/mol. The summed E-state index contributed by atoms with van der Waals surface area (Å²) < 4.78 is 7.68. The van der Waals surface area contributed by atoms with Gasteiger partial charge in [0.2, 0.25) is 0 Å². The third-order valence-corrected chi connectivity index (χ3v) is 4.90. The summed E-state index contributed by atoms with van der Waals surface area (Å²) in [4.78, 5) is 4.91. The van der Waals surface area contributed by atoms with E-state index in [0.717, 1.165) is 42.3 Å². The molecule has 3 aromatic rings. The van der Waals surface area contributed by atoms with Crippen molar-refractivity contribution in [3.05, 3.63) is 48.5 Å². The van der Waals surface area contributed by atoms with Gasteiger partial charge < -0.3 is 14.6 Å². The summed E-state index contributed by atoms with van der Waals surface area (Å²) >= 11 is 0. The zero-order valence-corrected chi connectivity index (χ0v) is 14.0. The van der Waals surface area contributed by atoms with E-state index in [-0.39, 0.29) is 0 Å². The number of methoxy groups -OCH3 is 1. The van der Waals surface area contributed by atoms with E-state index < -0.39 is 0 Å². The van der Waals surface area contributed by atoms with E-state index in [4.69, 9.17) is 9.72 Å². The Morgan fingerprint density at radius 3 is 2.58 bits per heavy atom. The Balaban J connectivity index is 1.76. The van der Waals surface area contributed by atoms with E-state index in [0.29, 0.717) is 5.92 Å². The zero-order chi connectivity index (χ0) is 16.4. The van der Waals surface area contributed by atoms with E-state index in [1.807, 2.05) is 12.1 Å². The summed E-state index contributed by atoms with van der Waals surface area (Å²) in [6.45, 7) is 3.27. The van der Waals surface area contributed by atoms with Crippen molar-refractivity contribution in [3.8, 4) is 17.1 Å². The van der Waals surface area contributed by atoms with Gasteiger partial charge in [-0.25, -0.2) is 4.98 Å². The standard InChI is InChI=1S/C20H23N3O/c1-24-17-8-6-16(7-9-17)20-22-18-4-2-3-5-19(18)23(20)14-15-10-12-21-13-11-15/h2-9,15,21H,10-14H2,1H3. The number of hydrogen-bond donors (Lipinski definition) is 1. The minimum atomic E-state index is 0.709. The molecule has 2 aromatic carbocycles. The molecule has 0 unspecified atom stereocenters. The van der Waals surface area contributed by atoms with Crippen LogP contribution in [0, 0.1) is 5.92 Å². The second-order valence-electron chi connectivity index (χ2n) is 6.46. The van der Waals surface area contributed by atoms with Gasteiger partial charge in [0.1, 0.15) is 11.6 Å². The number of fused-ring (bicyclic) bond motifs is 1. The molecule has 0 bridgehead atoms. The second-order valence-corrected chi connectivity index (χ2v) is 6.46. The van der Waals surface area contributed by atoms with Crippen molar-refractivity contribution in [2.45, 2.75) is 19.4 Å². The monoisotopic (exact) mass is 321 g/mol. The first-order valence-electron chi connectivity index (χ1n) is 8.65. The van der Waals surface area contributed by atoms with Crippen LogP contribution in [0.1, 0.15) is 12.8 Å². The molecular weight excluding hydrogens is 298 g/mol. The molecule has 0 spiro atoms. The van der Waals surface area contributed by atoms with Crippen LogP contribution in [0.4, 0.5) is 0 Å². The molecule has 4 nitrogen and oxygen atoms in total. The van der Waals surface area contributed by atoms with Gasteiger partial charge in [0, 0.05) is 12.1 Å².